The molecule has 1 N–H and O–H groups in total. The first-order valence-corrected chi connectivity index (χ1v) is 20.1. The van der Waals surface area contributed by atoms with E-state index >= 15 is 0 Å². The van der Waals surface area contributed by atoms with E-state index in [1.807, 2.05) is 0 Å². The van der Waals surface area contributed by atoms with E-state index in [-0.39, 0.29) is 12.1 Å². The summed E-state index contributed by atoms with van der Waals surface area (Å²) in [6.45, 7) is 10.7. The van der Waals surface area contributed by atoms with Crippen LogP contribution in [0.15, 0.2) is 78.9 Å². The topological polar surface area (TPSA) is 17.0 Å². The van der Waals surface area contributed by atoms with Gasteiger partial charge in [0.1, 0.15) is 0 Å². The standard InChI is InChI=1S/C27H20B9N2P2/c1-27(2)17-8-3-4-9-19(17)31-20-10-5-6-11-21(20)38-22-12-7-13-23(24(22)16-14-15-18(27)25(31)26(16)38)39(32-28-33(39)36(32)39)37-40-29-34(40)35(40)30-40/h3-15,37H,1-2H3/q-2. The molecule has 14 rings (SSSR count). The molecular weight excluding hydrogens is 512 g/mol. The van der Waals surface area contributed by atoms with Crippen LogP contribution in [0.3, 0.4) is 0 Å². The third-order valence-electron chi connectivity index (χ3n) is 13.6. The summed E-state index contributed by atoms with van der Waals surface area (Å²) in [5.41, 5.74) is 11.8. The van der Waals surface area contributed by atoms with Gasteiger partial charge in [0.2, 0.25) is 0 Å². The van der Waals surface area contributed by atoms with Crippen LogP contribution < -0.4 is 26.6 Å². The normalized spacial score (nSPS) is 27.9. The van der Waals surface area contributed by atoms with Crippen molar-refractivity contribution in [1.29, 1.82) is 0 Å². The van der Waals surface area contributed by atoms with E-state index in [4.69, 9.17) is 4.86 Å². The third kappa shape index (κ3) is 1.63. The van der Waals surface area contributed by atoms with Gasteiger partial charge >= 0.3 is 239 Å². The van der Waals surface area contributed by atoms with Crippen LogP contribution in [0.4, 0.5) is 0 Å². The molecule has 0 amide bonds. The van der Waals surface area contributed by atoms with Crippen molar-refractivity contribution < 1.29 is 0 Å². The van der Waals surface area contributed by atoms with Crippen LogP contribution in [-0.4, -0.2) is 63.2 Å². The van der Waals surface area contributed by atoms with E-state index < -0.39 is 12.7 Å². The monoisotopic (exact) mass is 533 g/mol. The molecule has 7 fully saturated rings. The molecule has 1 aromatic heterocycles. The van der Waals surface area contributed by atoms with Gasteiger partial charge in [0.25, 0.3) is 0 Å². The molecule has 4 aromatic carbocycles. The first kappa shape index (κ1) is 20.9. The van der Waals surface area contributed by atoms with Crippen LogP contribution in [0.25, 0.3) is 27.5 Å². The van der Waals surface area contributed by atoms with Gasteiger partial charge in [-0.05, 0) is 0 Å². The molecule has 5 aromatic rings. The average Bonchev–Trinajstić information content (AvgIpc) is 3.91. The maximum absolute atomic E-state index is 4.72. The Labute approximate surface area is 238 Å². The predicted octanol–water partition coefficient (Wildman–Crippen LogP) is 1.61. The SMILES string of the molecule is CC1(C)c2ccccc2B2c3ccccc3-n3c4cccc(P56(NP789[B]B7B8[B-]9)B7[B-]B5B76)c4c4ccc1c2c43. The van der Waals surface area contributed by atoms with Crippen molar-refractivity contribution in [2.75, 3.05) is 0 Å². The second kappa shape index (κ2) is 5.34. The van der Waals surface area contributed by atoms with Crippen LogP contribution in [0.2, 0.25) is 0 Å². The molecule has 1 spiro atoms. The fraction of sp³-hybridized carbons (Fsp3) is 0.111. The predicted molar refractivity (Wildman–Crippen MR) is 187 cm³/mol. The van der Waals surface area contributed by atoms with Crippen LogP contribution in [0.5, 0.6) is 0 Å². The van der Waals surface area contributed by atoms with Crippen LogP contribution in [0.1, 0.15) is 25.0 Å². The zero-order valence-corrected chi connectivity index (χ0v) is 24.3. The summed E-state index contributed by atoms with van der Waals surface area (Å²) in [6, 6.07) is 31.0. The van der Waals surface area contributed by atoms with Crippen LogP contribution in [-0.2, 0) is 5.41 Å². The van der Waals surface area contributed by atoms with Crippen molar-refractivity contribution in [2.24, 2.45) is 0 Å². The zero-order valence-electron chi connectivity index (χ0n) is 22.5. The van der Waals surface area contributed by atoms with Gasteiger partial charge in [-0.2, -0.15) is 0 Å². The molecule has 177 valence electrons. The zero-order chi connectivity index (χ0) is 25.8. The summed E-state index contributed by atoms with van der Waals surface area (Å²) in [4.78, 5) is 4.72. The number of para-hydroxylation sites is 1. The number of nitrogens with one attached hydrogen (secondary N) is 1. The van der Waals surface area contributed by atoms with E-state index in [0.29, 0.717) is 0 Å². The number of nitrogens with zero attached hydrogens (tertiary/aromatic N) is 1. The molecule has 10 heterocycles. The Hall–Kier alpha value is -1.92. The molecule has 2 bridgehead atoms. The van der Waals surface area contributed by atoms with E-state index in [0.717, 1.165) is 31.1 Å². The molecule has 0 aliphatic carbocycles. The molecule has 9 aliphatic rings. The van der Waals surface area contributed by atoms with Crippen molar-refractivity contribution >= 4 is 115 Å². The van der Waals surface area contributed by atoms with Crippen molar-refractivity contribution in [1.82, 2.24) is 9.42 Å². The number of fused-ring (bicyclic) bond motifs is 9. The molecule has 0 atom stereocenters. The molecule has 2 nitrogen and oxygen atoms in total. The van der Waals surface area contributed by atoms with Gasteiger partial charge in [-0.1, -0.05) is 0 Å². The fourth-order valence-corrected chi connectivity index (χ4v) is 30.7. The van der Waals surface area contributed by atoms with Crippen molar-refractivity contribution in [3.05, 3.63) is 90.0 Å². The maximum atomic E-state index is 4.72. The first-order valence-electron chi connectivity index (χ1n) is 15.2. The Morgan fingerprint density at radius 1 is 0.850 bits per heavy atom. The molecule has 13 heteroatoms. The van der Waals surface area contributed by atoms with Gasteiger partial charge in [-0.15, -0.1) is 0 Å². The van der Waals surface area contributed by atoms with Crippen molar-refractivity contribution in [3.63, 3.8) is 0 Å². The van der Waals surface area contributed by atoms with Crippen molar-refractivity contribution in [3.8, 4) is 5.69 Å². The summed E-state index contributed by atoms with van der Waals surface area (Å²) in [7, 11) is 2.72. The summed E-state index contributed by atoms with van der Waals surface area (Å²) in [6.07, 6.45) is 1.01. The molecule has 5 radical (unpaired) electrons. The molecule has 40 heavy (non-hydrogen) atoms. The average molecular weight is 532 g/mol. The van der Waals surface area contributed by atoms with Gasteiger partial charge in [-0.25, -0.2) is 0 Å². The van der Waals surface area contributed by atoms with Gasteiger partial charge in [0.15, 0.2) is 0 Å². The van der Waals surface area contributed by atoms with Crippen LogP contribution in [0, 0.1) is 0 Å². The van der Waals surface area contributed by atoms with E-state index in [9.17, 15) is 0 Å². The van der Waals surface area contributed by atoms with E-state index in [2.05, 4.69) is 118 Å². The summed E-state index contributed by atoms with van der Waals surface area (Å²) >= 11 is 0. The molecule has 0 saturated carbocycles. The Balaban J connectivity index is 1.19. The molecule has 7 saturated heterocycles. The Bertz CT molecular complexity index is 2190. The quantitative estimate of drug-likeness (QED) is 0.271. The molecular formula is C27H20B9N2P2-2. The Morgan fingerprint density at radius 3 is 2.35 bits per heavy atom. The number of hydrogen-bond acceptors (Lipinski definition) is 1. The van der Waals surface area contributed by atoms with Crippen LogP contribution >= 0.6 is 12.7 Å². The van der Waals surface area contributed by atoms with Gasteiger partial charge < -0.3 is 0 Å². The number of hydrogen-bond donors (Lipinski definition) is 1. The summed E-state index contributed by atoms with van der Waals surface area (Å²) in [5, 5.41) is 4.83. The Morgan fingerprint density at radius 2 is 1.62 bits per heavy atom. The second-order valence-electron chi connectivity index (χ2n) is 14.9. The second-order valence-corrected chi connectivity index (χ2v) is 25.3. The number of rotatable bonds is 3. The van der Waals surface area contributed by atoms with Gasteiger partial charge in [0.05, 0.1) is 0 Å². The first-order chi connectivity index (χ1) is 19.5. The van der Waals surface area contributed by atoms with E-state index in [1.165, 1.54) is 44.2 Å². The minimum atomic E-state index is -2.04. The van der Waals surface area contributed by atoms with E-state index in [1.54, 1.807) is 16.2 Å². The summed E-state index contributed by atoms with van der Waals surface area (Å²) in [5.74, 6) is 0. The fourth-order valence-electron chi connectivity index (χ4n) is 11.3. The number of aromatic nitrogens is 1. The Kier molecular flexibility index (Phi) is 2.79. The van der Waals surface area contributed by atoms with Gasteiger partial charge in [0, 0.05) is 0 Å². The molecule has 9 aliphatic heterocycles. The minimum absolute atomic E-state index is 0.0272. The summed E-state index contributed by atoms with van der Waals surface area (Å²) < 4.78 is 2.68. The third-order valence-corrected chi connectivity index (χ3v) is 28.0. The van der Waals surface area contributed by atoms with Gasteiger partial charge in [-0.3, -0.25) is 0 Å². The van der Waals surface area contributed by atoms with Crippen molar-refractivity contribution in [2.45, 2.75) is 19.3 Å². The molecule has 0 unspecified atom stereocenters. The number of benzene rings is 4.